The molecule has 0 fully saturated rings. The van der Waals surface area contributed by atoms with E-state index in [0.29, 0.717) is 19.4 Å². The Balaban J connectivity index is 2.22. The van der Waals surface area contributed by atoms with Crippen molar-refractivity contribution in [3.8, 4) is 5.75 Å². The molecule has 2 aromatic carbocycles. The Labute approximate surface area is 136 Å². The highest BCUT2D eigenvalue weighted by molar-refractivity contribution is 5.74. The first-order valence-electron chi connectivity index (χ1n) is 7.91. The van der Waals surface area contributed by atoms with E-state index in [0.717, 1.165) is 23.1 Å². The summed E-state index contributed by atoms with van der Waals surface area (Å²) in [6.45, 7) is 2.68. The van der Waals surface area contributed by atoms with Crippen molar-refractivity contribution < 1.29 is 15.0 Å². The summed E-state index contributed by atoms with van der Waals surface area (Å²) in [5.41, 5.74) is 3.04. The predicted molar refractivity (Wildman–Crippen MR) is 90.8 cm³/mol. The highest BCUT2D eigenvalue weighted by Gasteiger charge is 2.18. The quantitative estimate of drug-likeness (QED) is 0.701. The van der Waals surface area contributed by atoms with Crippen molar-refractivity contribution in [1.29, 1.82) is 0 Å². The molecule has 0 heterocycles. The van der Waals surface area contributed by atoms with Crippen LogP contribution in [0.2, 0.25) is 0 Å². The molecule has 2 rings (SSSR count). The lowest BCUT2D eigenvalue weighted by Crippen LogP contribution is -2.39. The maximum Gasteiger partial charge on any atom is 0.321 e. The van der Waals surface area contributed by atoms with Gasteiger partial charge in [-0.15, -0.1) is 0 Å². The van der Waals surface area contributed by atoms with Crippen LogP contribution in [0.4, 0.5) is 0 Å². The van der Waals surface area contributed by atoms with E-state index in [1.54, 1.807) is 12.1 Å². The van der Waals surface area contributed by atoms with Gasteiger partial charge in [0.25, 0.3) is 0 Å². The van der Waals surface area contributed by atoms with Crippen LogP contribution < -0.4 is 5.32 Å². The Bertz CT molecular complexity index is 640. The second-order valence-electron chi connectivity index (χ2n) is 5.66. The number of aromatic hydroxyl groups is 1. The van der Waals surface area contributed by atoms with Crippen LogP contribution in [0, 0.1) is 0 Å². The van der Waals surface area contributed by atoms with Gasteiger partial charge in [0.1, 0.15) is 11.8 Å². The largest absolute Gasteiger partial charge is 0.508 e. The second-order valence-corrected chi connectivity index (χ2v) is 5.66. The van der Waals surface area contributed by atoms with Gasteiger partial charge in [0.15, 0.2) is 0 Å². The molecule has 23 heavy (non-hydrogen) atoms. The Hall–Kier alpha value is -2.33. The molecule has 1 atom stereocenters. The van der Waals surface area contributed by atoms with Gasteiger partial charge in [0, 0.05) is 0 Å². The summed E-state index contributed by atoms with van der Waals surface area (Å²) in [6.07, 6.45) is 1.96. The molecule has 0 bridgehead atoms. The minimum Gasteiger partial charge on any atom is -0.508 e. The monoisotopic (exact) mass is 313 g/mol. The lowest BCUT2D eigenvalue weighted by molar-refractivity contribution is -0.139. The van der Waals surface area contributed by atoms with Gasteiger partial charge in [0.2, 0.25) is 0 Å². The zero-order chi connectivity index (χ0) is 16.7. The van der Waals surface area contributed by atoms with Gasteiger partial charge in [-0.2, -0.15) is 0 Å². The molecule has 4 nitrogen and oxygen atoms in total. The normalized spacial score (nSPS) is 12.0. The summed E-state index contributed by atoms with van der Waals surface area (Å²) in [6, 6.07) is 14.5. The Morgan fingerprint density at radius 3 is 2.52 bits per heavy atom. The summed E-state index contributed by atoms with van der Waals surface area (Å²) < 4.78 is 0. The zero-order valence-corrected chi connectivity index (χ0v) is 13.3. The first-order chi connectivity index (χ1) is 11.1. The topological polar surface area (TPSA) is 69.6 Å². The number of hydrogen-bond acceptors (Lipinski definition) is 3. The molecular formula is C19H23NO3. The highest BCUT2D eigenvalue weighted by atomic mass is 16.4. The third-order valence-electron chi connectivity index (χ3n) is 3.79. The molecule has 0 aliphatic rings. The fraction of sp³-hybridized carbons (Fsp3) is 0.316. The smallest absolute Gasteiger partial charge is 0.321 e. The van der Waals surface area contributed by atoms with Gasteiger partial charge in [0.05, 0.1) is 0 Å². The number of aliphatic carboxylic acids is 1. The van der Waals surface area contributed by atoms with Crippen LogP contribution in [0.5, 0.6) is 5.75 Å². The first kappa shape index (κ1) is 17.0. The van der Waals surface area contributed by atoms with Gasteiger partial charge in [-0.3, -0.25) is 4.79 Å². The zero-order valence-electron chi connectivity index (χ0n) is 13.3. The molecule has 0 aromatic heterocycles. The van der Waals surface area contributed by atoms with E-state index in [-0.39, 0.29) is 5.75 Å². The Morgan fingerprint density at radius 1 is 1.13 bits per heavy atom. The third kappa shape index (κ3) is 5.11. The van der Waals surface area contributed by atoms with Gasteiger partial charge >= 0.3 is 5.97 Å². The molecule has 0 aliphatic heterocycles. The van der Waals surface area contributed by atoms with Gasteiger partial charge < -0.3 is 15.5 Å². The van der Waals surface area contributed by atoms with E-state index in [1.807, 2.05) is 43.3 Å². The molecule has 3 N–H and O–H groups in total. The predicted octanol–water partition coefficient (Wildman–Crippen LogP) is 2.98. The van der Waals surface area contributed by atoms with Crippen LogP contribution >= 0.6 is 0 Å². The van der Waals surface area contributed by atoms with Crippen molar-refractivity contribution in [2.75, 3.05) is 6.54 Å². The van der Waals surface area contributed by atoms with E-state index >= 15 is 0 Å². The molecule has 0 aliphatic carbocycles. The Morgan fingerprint density at radius 2 is 1.87 bits per heavy atom. The average Bonchev–Trinajstić information content (AvgIpc) is 2.54. The van der Waals surface area contributed by atoms with Crippen LogP contribution in [0.25, 0.3) is 0 Å². The molecule has 2 aromatic rings. The van der Waals surface area contributed by atoms with Crippen molar-refractivity contribution >= 4 is 5.97 Å². The minimum absolute atomic E-state index is 0.202. The number of carboxylic acid groups (broad SMARTS) is 1. The number of rotatable bonds is 8. The fourth-order valence-electron chi connectivity index (χ4n) is 2.58. The van der Waals surface area contributed by atoms with E-state index in [2.05, 4.69) is 5.32 Å². The molecule has 0 unspecified atom stereocenters. The lowest BCUT2D eigenvalue weighted by Gasteiger charge is -2.17. The average molecular weight is 313 g/mol. The molecule has 4 heteroatoms. The van der Waals surface area contributed by atoms with Gasteiger partial charge in [-0.25, -0.2) is 0 Å². The number of carbonyl (C=O) groups is 1. The summed E-state index contributed by atoms with van der Waals surface area (Å²) in [4.78, 5) is 11.4. The standard InChI is InChI=1S/C19H23NO3/c1-2-10-20-18(19(22)23)13-15-8-9-17(21)12-16(15)11-14-6-4-3-5-7-14/h3-9,12,18,20-21H,2,10-11,13H2,1H3,(H,22,23)/t18-/m0/s1. The lowest BCUT2D eigenvalue weighted by atomic mass is 9.95. The summed E-state index contributed by atoms with van der Waals surface area (Å²) in [5, 5.41) is 22.2. The second kappa shape index (κ2) is 8.34. The molecule has 0 saturated heterocycles. The maximum absolute atomic E-state index is 11.4. The molecular weight excluding hydrogens is 290 g/mol. The summed E-state index contributed by atoms with van der Waals surface area (Å²) in [5.74, 6) is -0.648. The summed E-state index contributed by atoms with van der Waals surface area (Å²) in [7, 11) is 0. The SMILES string of the molecule is CCCN[C@@H](Cc1ccc(O)cc1Cc1ccccc1)C(=O)O. The maximum atomic E-state index is 11.4. The molecule has 0 amide bonds. The van der Waals surface area contributed by atoms with Crippen LogP contribution in [-0.2, 0) is 17.6 Å². The number of carboxylic acids is 1. The molecule has 0 radical (unpaired) electrons. The van der Waals surface area contributed by atoms with E-state index < -0.39 is 12.0 Å². The number of phenols is 1. The third-order valence-corrected chi connectivity index (χ3v) is 3.79. The van der Waals surface area contributed by atoms with Crippen molar-refractivity contribution in [3.63, 3.8) is 0 Å². The van der Waals surface area contributed by atoms with Crippen LogP contribution in [-0.4, -0.2) is 28.8 Å². The van der Waals surface area contributed by atoms with Crippen molar-refractivity contribution in [3.05, 3.63) is 65.2 Å². The first-order valence-corrected chi connectivity index (χ1v) is 7.91. The van der Waals surface area contributed by atoms with Crippen LogP contribution in [0.3, 0.4) is 0 Å². The van der Waals surface area contributed by atoms with Crippen molar-refractivity contribution in [1.82, 2.24) is 5.32 Å². The van der Waals surface area contributed by atoms with Gasteiger partial charge in [-0.05, 0) is 54.6 Å². The van der Waals surface area contributed by atoms with Crippen LogP contribution in [0.15, 0.2) is 48.5 Å². The number of benzene rings is 2. The van der Waals surface area contributed by atoms with Crippen molar-refractivity contribution in [2.45, 2.75) is 32.2 Å². The fourth-order valence-corrected chi connectivity index (χ4v) is 2.58. The molecule has 122 valence electrons. The van der Waals surface area contributed by atoms with Crippen LogP contribution in [0.1, 0.15) is 30.0 Å². The number of nitrogens with one attached hydrogen (secondary N) is 1. The minimum atomic E-state index is -0.850. The highest BCUT2D eigenvalue weighted by Crippen LogP contribution is 2.21. The Kier molecular flexibility index (Phi) is 6.18. The van der Waals surface area contributed by atoms with Gasteiger partial charge in [-0.1, -0.05) is 43.3 Å². The molecule has 0 saturated carbocycles. The number of hydrogen-bond donors (Lipinski definition) is 3. The molecule has 0 spiro atoms. The van der Waals surface area contributed by atoms with E-state index in [9.17, 15) is 15.0 Å². The number of phenolic OH excluding ortho intramolecular Hbond substituents is 1. The van der Waals surface area contributed by atoms with Crippen molar-refractivity contribution in [2.24, 2.45) is 0 Å². The van der Waals surface area contributed by atoms with E-state index in [4.69, 9.17) is 0 Å². The van der Waals surface area contributed by atoms with E-state index in [1.165, 1.54) is 0 Å². The summed E-state index contributed by atoms with van der Waals surface area (Å²) >= 11 is 0.